The van der Waals surface area contributed by atoms with Gasteiger partial charge in [0.25, 0.3) is 5.91 Å². The van der Waals surface area contributed by atoms with Crippen LogP contribution in [0.25, 0.3) is 0 Å². The Morgan fingerprint density at radius 2 is 2.26 bits per heavy atom. The van der Waals surface area contributed by atoms with Gasteiger partial charge in [0.1, 0.15) is 5.76 Å². The molecule has 19 heavy (non-hydrogen) atoms. The predicted octanol–water partition coefficient (Wildman–Crippen LogP) is 2.09. The molecule has 4 nitrogen and oxygen atoms in total. The molecule has 0 fully saturated rings. The van der Waals surface area contributed by atoms with Crippen molar-refractivity contribution >= 4 is 17.2 Å². The van der Waals surface area contributed by atoms with Crippen molar-refractivity contribution in [3.63, 3.8) is 0 Å². The third kappa shape index (κ3) is 2.24. The lowest BCUT2D eigenvalue weighted by Crippen LogP contribution is -2.32. The van der Waals surface area contributed by atoms with Crippen molar-refractivity contribution in [3.05, 3.63) is 68.0 Å². The van der Waals surface area contributed by atoms with Crippen LogP contribution in [0.5, 0.6) is 0 Å². The van der Waals surface area contributed by atoms with Gasteiger partial charge in [-0.15, -0.1) is 0 Å². The molecular formula is C14H11NO3S. The van der Waals surface area contributed by atoms with Gasteiger partial charge in [-0.2, -0.15) is 11.3 Å². The van der Waals surface area contributed by atoms with Gasteiger partial charge < -0.3 is 9.73 Å². The molecule has 1 amide bonds. The van der Waals surface area contributed by atoms with E-state index in [2.05, 4.69) is 11.9 Å². The minimum atomic E-state index is -0.425. The van der Waals surface area contributed by atoms with Gasteiger partial charge in [0.05, 0.1) is 5.56 Å². The molecule has 96 valence electrons. The molecule has 0 bridgehead atoms. The van der Waals surface area contributed by atoms with Crippen LogP contribution in [0.1, 0.15) is 27.2 Å². The van der Waals surface area contributed by atoms with Crippen molar-refractivity contribution < 1.29 is 9.21 Å². The Hall–Kier alpha value is -2.14. The molecule has 3 rings (SSSR count). The second-order valence-corrected chi connectivity index (χ2v) is 5.21. The Labute approximate surface area is 113 Å². The Morgan fingerprint density at radius 1 is 1.42 bits per heavy atom. The molecule has 5 heteroatoms. The van der Waals surface area contributed by atoms with Gasteiger partial charge in [0.15, 0.2) is 0 Å². The van der Waals surface area contributed by atoms with Crippen LogP contribution in [0.15, 0.2) is 44.4 Å². The fourth-order valence-corrected chi connectivity index (χ4v) is 2.87. The molecule has 2 aromatic heterocycles. The number of carbonyl (C=O) groups excluding carboxylic acids is 1. The molecule has 0 atom stereocenters. The van der Waals surface area contributed by atoms with Crippen molar-refractivity contribution in [2.45, 2.75) is 12.8 Å². The van der Waals surface area contributed by atoms with Crippen LogP contribution in [0.3, 0.4) is 0 Å². The van der Waals surface area contributed by atoms with Crippen LogP contribution >= 0.6 is 11.3 Å². The number of hydrogen-bond acceptors (Lipinski definition) is 4. The van der Waals surface area contributed by atoms with Gasteiger partial charge in [0.2, 0.25) is 0 Å². The Bertz CT molecular complexity index is 713. The lowest BCUT2D eigenvalue weighted by Gasteiger charge is -2.19. The van der Waals surface area contributed by atoms with Gasteiger partial charge in [-0.1, -0.05) is 6.58 Å². The highest BCUT2D eigenvalue weighted by molar-refractivity contribution is 7.07. The van der Waals surface area contributed by atoms with Crippen molar-refractivity contribution in [1.82, 2.24) is 5.32 Å². The van der Waals surface area contributed by atoms with E-state index in [9.17, 15) is 9.59 Å². The van der Waals surface area contributed by atoms with Crippen LogP contribution in [0.2, 0.25) is 0 Å². The molecule has 0 saturated heterocycles. The van der Waals surface area contributed by atoms with E-state index in [1.807, 2.05) is 16.8 Å². The van der Waals surface area contributed by atoms with E-state index < -0.39 is 5.63 Å². The monoisotopic (exact) mass is 273 g/mol. The third-order valence-corrected chi connectivity index (χ3v) is 3.71. The van der Waals surface area contributed by atoms with Crippen LogP contribution in [-0.2, 0) is 12.8 Å². The number of amides is 1. The lowest BCUT2D eigenvalue weighted by molar-refractivity contribution is 0.0952. The molecular weight excluding hydrogens is 262 g/mol. The minimum Gasteiger partial charge on any atom is -0.427 e. The minimum absolute atomic E-state index is 0.250. The maximum atomic E-state index is 12.0. The van der Waals surface area contributed by atoms with E-state index in [1.165, 1.54) is 6.07 Å². The fourth-order valence-electron chi connectivity index (χ4n) is 2.21. The molecule has 0 saturated carbocycles. The molecule has 1 N–H and O–H groups in total. The summed E-state index contributed by atoms with van der Waals surface area (Å²) in [5.41, 5.74) is 2.38. The molecule has 0 aliphatic carbocycles. The van der Waals surface area contributed by atoms with Gasteiger partial charge in [-0.25, -0.2) is 4.79 Å². The smallest absolute Gasteiger partial charge is 0.336 e. The summed E-state index contributed by atoms with van der Waals surface area (Å²) < 4.78 is 5.13. The summed E-state index contributed by atoms with van der Waals surface area (Å²) in [5.74, 6) is 0.159. The van der Waals surface area contributed by atoms with Crippen LogP contribution in [-0.4, -0.2) is 5.91 Å². The first kappa shape index (κ1) is 11.9. The molecule has 0 aromatic carbocycles. The maximum absolute atomic E-state index is 12.0. The van der Waals surface area contributed by atoms with Crippen molar-refractivity contribution in [1.29, 1.82) is 0 Å². The lowest BCUT2D eigenvalue weighted by atomic mass is 9.97. The van der Waals surface area contributed by atoms with E-state index in [0.29, 0.717) is 35.4 Å². The first-order valence-electron chi connectivity index (χ1n) is 5.79. The third-order valence-electron chi connectivity index (χ3n) is 2.98. The Balaban J connectivity index is 2.12. The number of allylic oxidation sites excluding steroid dienone is 1. The predicted molar refractivity (Wildman–Crippen MR) is 72.4 cm³/mol. The van der Waals surface area contributed by atoms with Crippen LogP contribution in [0.4, 0.5) is 0 Å². The number of fused-ring (bicyclic) bond motifs is 1. The maximum Gasteiger partial charge on any atom is 0.336 e. The molecule has 0 unspecified atom stereocenters. The van der Waals surface area contributed by atoms with E-state index in [0.717, 1.165) is 5.56 Å². The molecule has 1 aliphatic rings. The highest BCUT2D eigenvalue weighted by Gasteiger charge is 2.25. The largest absolute Gasteiger partial charge is 0.427 e. The van der Waals surface area contributed by atoms with E-state index in [1.54, 1.807) is 11.3 Å². The first-order chi connectivity index (χ1) is 9.13. The highest BCUT2D eigenvalue weighted by atomic mass is 32.1. The Kier molecular flexibility index (Phi) is 2.83. The van der Waals surface area contributed by atoms with Crippen LogP contribution in [0, 0.1) is 0 Å². The average molecular weight is 273 g/mol. The average Bonchev–Trinajstić information content (AvgIpc) is 2.79. The highest BCUT2D eigenvalue weighted by Crippen LogP contribution is 2.22. The van der Waals surface area contributed by atoms with E-state index in [4.69, 9.17) is 4.42 Å². The molecule has 0 radical (unpaired) electrons. The number of thiophene rings is 1. The summed E-state index contributed by atoms with van der Waals surface area (Å²) in [5, 5.41) is 6.65. The van der Waals surface area contributed by atoms with E-state index >= 15 is 0 Å². The second-order valence-electron chi connectivity index (χ2n) is 4.43. The molecule has 1 aliphatic heterocycles. The fraction of sp³-hybridized carbons (Fsp3) is 0.143. The van der Waals surface area contributed by atoms with Crippen molar-refractivity contribution in [3.8, 4) is 0 Å². The van der Waals surface area contributed by atoms with Gasteiger partial charge in [-0.3, -0.25) is 4.79 Å². The summed E-state index contributed by atoms with van der Waals surface area (Å²) in [4.78, 5) is 23.6. The summed E-state index contributed by atoms with van der Waals surface area (Å²) in [6, 6.07) is 3.37. The molecule has 0 spiro atoms. The zero-order valence-electron chi connectivity index (χ0n) is 10.1. The number of rotatable bonds is 2. The standard InChI is InChI=1S/C14H11NO3S/c1-8-4-11-13(14(17)15-8)10(6-12(16)18-11)5-9-2-3-19-7-9/h2-3,6-7H,1,4-5H2,(H,15,17). The summed E-state index contributed by atoms with van der Waals surface area (Å²) in [6.07, 6.45) is 0.922. The summed E-state index contributed by atoms with van der Waals surface area (Å²) >= 11 is 1.59. The topological polar surface area (TPSA) is 59.3 Å². The second kappa shape index (κ2) is 4.51. The van der Waals surface area contributed by atoms with E-state index in [-0.39, 0.29) is 5.91 Å². The van der Waals surface area contributed by atoms with Gasteiger partial charge in [0, 0.05) is 18.2 Å². The quantitative estimate of drug-likeness (QED) is 0.911. The summed E-state index contributed by atoms with van der Waals surface area (Å²) in [7, 11) is 0. The summed E-state index contributed by atoms with van der Waals surface area (Å²) in [6.45, 7) is 3.71. The number of nitrogens with one attached hydrogen (secondary N) is 1. The Morgan fingerprint density at radius 3 is 3.00 bits per heavy atom. The van der Waals surface area contributed by atoms with Crippen LogP contribution < -0.4 is 10.9 Å². The van der Waals surface area contributed by atoms with Crippen molar-refractivity contribution in [2.75, 3.05) is 0 Å². The first-order valence-corrected chi connectivity index (χ1v) is 6.74. The van der Waals surface area contributed by atoms with Gasteiger partial charge in [-0.05, 0) is 34.4 Å². The van der Waals surface area contributed by atoms with Crippen molar-refractivity contribution in [2.24, 2.45) is 0 Å². The normalized spacial score (nSPS) is 14.1. The van der Waals surface area contributed by atoms with Gasteiger partial charge >= 0.3 is 5.63 Å². The molecule has 3 heterocycles. The zero-order valence-corrected chi connectivity index (χ0v) is 10.9. The zero-order chi connectivity index (χ0) is 13.4. The number of hydrogen-bond donors (Lipinski definition) is 1. The SMILES string of the molecule is C=C1Cc2oc(=O)cc(Cc3ccsc3)c2C(=O)N1. The molecule has 2 aromatic rings. The number of carbonyl (C=O) groups is 1.